The molecule has 0 aliphatic heterocycles. The van der Waals surface area contributed by atoms with Crippen LogP contribution in [-0.2, 0) is 0 Å². The molecule has 4 heteroatoms. The van der Waals surface area contributed by atoms with E-state index in [1.54, 1.807) is 43.4 Å². The van der Waals surface area contributed by atoms with Crippen molar-refractivity contribution in [2.45, 2.75) is 6.10 Å². The number of benzene rings is 2. The van der Waals surface area contributed by atoms with Crippen molar-refractivity contribution in [3.05, 3.63) is 65.7 Å². The molecular weight excluding hydrogens is 254 g/mol. The topological polar surface area (TPSA) is 60.8 Å². The van der Waals surface area contributed by atoms with Crippen LogP contribution in [0.4, 0.5) is 0 Å². The SMILES string of the molecule is CN(C[C@H](O)c1cccc(O)c1)C(=O)c1ccccc1. The molecule has 0 unspecified atom stereocenters. The lowest BCUT2D eigenvalue weighted by molar-refractivity contribution is 0.0681. The predicted molar refractivity (Wildman–Crippen MR) is 76.5 cm³/mol. The molecule has 2 N–H and O–H groups in total. The molecule has 20 heavy (non-hydrogen) atoms. The van der Waals surface area contributed by atoms with Crippen molar-refractivity contribution >= 4 is 5.91 Å². The van der Waals surface area contributed by atoms with Crippen molar-refractivity contribution < 1.29 is 15.0 Å². The molecule has 0 fully saturated rings. The van der Waals surface area contributed by atoms with E-state index in [1.165, 1.54) is 17.0 Å². The molecule has 0 saturated heterocycles. The molecule has 2 aromatic carbocycles. The lowest BCUT2D eigenvalue weighted by atomic mass is 10.1. The summed E-state index contributed by atoms with van der Waals surface area (Å²) in [5, 5.41) is 19.5. The van der Waals surface area contributed by atoms with Crippen LogP contribution in [0.1, 0.15) is 22.0 Å². The number of likely N-dealkylation sites (N-methyl/N-ethyl adjacent to an activating group) is 1. The molecule has 0 bridgehead atoms. The molecule has 1 amide bonds. The minimum Gasteiger partial charge on any atom is -0.508 e. The highest BCUT2D eigenvalue weighted by Crippen LogP contribution is 2.19. The number of hydrogen-bond donors (Lipinski definition) is 2. The van der Waals surface area contributed by atoms with Crippen molar-refractivity contribution in [1.29, 1.82) is 0 Å². The largest absolute Gasteiger partial charge is 0.508 e. The summed E-state index contributed by atoms with van der Waals surface area (Å²) in [7, 11) is 1.64. The fourth-order valence-corrected chi connectivity index (χ4v) is 1.98. The van der Waals surface area contributed by atoms with Gasteiger partial charge in [-0.3, -0.25) is 4.79 Å². The van der Waals surface area contributed by atoms with E-state index in [4.69, 9.17) is 0 Å². The van der Waals surface area contributed by atoms with Crippen LogP contribution in [0, 0.1) is 0 Å². The van der Waals surface area contributed by atoms with Gasteiger partial charge in [-0.05, 0) is 29.8 Å². The average molecular weight is 271 g/mol. The highest BCUT2D eigenvalue weighted by molar-refractivity contribution is 5.94. The second-order valence-corrected chi connectivity index (χ2v) is 4.66. The highest BCUT2D eigenvalue weighted by Gasteiger charge is 2.16. The van der Waals surface area contributed by atoms with Gasteiger partial charge in [-0.1, -0.05) is 30.3 Å². The first-order valence-corrected chi connectivity index (χ1v) is 6.35. The van der Waals surface area contributed by atoms with Crippen LogP contribution in [0.2, 0.25) is 0 Å². The first kappa shape index (κ1) is 14.1. The Labute approximate surface area is 117 Å². The van der Waals surface area contributed by atoms with Crippen LogP contribution in [0.25, 0.3) is 0 Å². The van der Waals surface area contributed by atoms with Crippen molar-refractivity contribution in [3.63, 3.8) is 0 Å². The number of hydrogen-bond acceptors (Lipinski definition) is 3. The zero-order chi connectivity index (χ0) is 14.5. The van der Waals surface area contributed by atoms with Gasteiger partial charge in [0, 0.05) is 12.6 Å². The quantitative estimate of drug-likeness (QED) is 0.896. The Balaban J connectivity index is 2.04. The first-order chi connectivity index (χ1) is 9.58. The molecule has 104 valence electrons. The standard InChI is InChI=1S/C16H17NO3/c1-17(16(20)12-6-3-2-4-7-12)11-15(19)13-8-5-9-14(18)10-13/h2-10,15,18-19H,11H2,1H3/t15-/m0/s1. The van der Waals surface area contributed by atoms with Gasteiger partial charge in [-0.2, -0.15) is 0 Å². The first-order valence-electron chi connectivity index (χ1n) is 6.35. The van der Waals surface area contributed by atoms with E-state index >= 15 is 0 Å². The van der Waals surface area contributed by atoms with E-state index in [9.17, 15) is 15.0 Å². The Morgan fingerprint density at radius 1 is 1.15 bits per heavy atom. The van der Waals surface area contributed by atoms with Gasteiger partial charge in [0.05, 0.1) is 12.6 Å². The molecule has 1 atom stereocenters. The van der Waals surface area contributed by atoms with E-state index in [-0.39, 0.29) is 18.2 Å². The fourth-order valence-electron chi connectivity index (χ4n) is 1.98. The zero-order valence-corrected chi connectivity index (χ0v) is 11.2. The summed E-state index contributed by atoms with van der Waals surface area (Å²) in [5.41, 5.74) is 1.16. The average Bonchev–Trinajstić information content (AvgIpc) is 2.47. The van der Waals surface area contributed by atoms with Crippen LogP contribution in [0.3, 0.4) is 0 Å². The number of aliphatic hydroxyl groups excluding tert-OH is 1. The van der Waals surface area contributed by atoms with Crippen LogP contribution in [0.15, 0.2) is 54.6 Å². The minimum atomic E-state index is -0.834. The van der Waals surface area contributed by atoms with Gasteiger partial charge in [0.15, 0.2) is 0 Å². The van der Waals surface area contributed by atoms with E-state index in [1.807, 2.05) is 6.07 Å². The molecule has 0 saturated carbocycles. The lowest BCUT2D eigenvalue weighted by Gasteiger charge is -2.21. The maximum absolute atomic E-state index is 12.1. The number of aromatic hydroxyl groups is 1. The molecule has 0 radical (unpaired) electrons. The Morgan fingerprint density at radius 3 is 2.50 bits per heavy atom. The molecule has 0 aliphatic carbocycles. The number of amides is 1. The molecule has 0 aromatic heterocycles. The molecule has 2 aromatic rings. The Morgan fingerprint density at radius 2 is 1.85 bits per heavy atom. The number of carbonyl (C=O) groups is 1. The second-order valence-electron chi connectivity index (χ2n) is 4.66. The summed E-state index contributed by atoms with van der Waals surface area (Å²) in [4.78, 5) is 13.6. The van der Waals surface area contributed by atoms with Crippen LogP contribution >= 0.6 is 0 Å². The summed E-state index contributed by atoms with van der Waals surface area (Å²) >= 11 is 0. The van der Waals surface area contributed by atoms with Crippen molar-refractivity contribution in [2.75, 3.05) is 13.6 Å². The highest BCUT2D eigenvalue weighted by atomic mass is 16.3. The van der Waals surface area contributed by atoms with Gasteiger partial charge >= 0.3 is 0 Å². The van der Waals surface area contributed by atoms with E-state index < -0.39 is 6.10 Å². The number of nitrogens with zero attached hydrogens (tertiary/aromatic N) is 1. The van der Waals surface area contributed by atoms with Gasteiger partial charge in [-0.15, -0.1) is 0 Å². The Bertz CT molecular complexity index is 583. The number of phenolic OH excluding ortho intramolecular Hbond substituents is 1. The van der Waals surface area contributed by atoms with Crippen LogP contribution < -0.4 is 0 Å². The summed E-state index contributed by atoms with van der Waals surface area (Å²) < 4.78 is 0. The van der Waals surface area contributed by atoms with E-state index in [0.29, 0.717) is 11.1 Å². The van der Waals surface area contributed by atoms with Crippen LogP contribution in [-0.4, -0.2) is 34.6 Å². The molecular formula is C16H17NO3. The van der Waals surface area contributed by atoms with Gasteiger partial charge in [0.2, 0.25) is 0 Å². The van der Waals surface area contributed by atoms with Gasteiger partial charge in [-0.25, -0.2) is 0 Å². The van der Waals surface area contributed by atoms with E-state index in [0.717, 1.165) is 0 Å². The third-order valence-corrected chi connectivity index (χ3v) is 3.07. The van der Waals surface area contributed by atoms with E-state index in [2.05, 4.69) is 0 Å². The number of phenols is 1. The third-order valence-electron chi connectivity index (χ3n) is 3.07. The van der Waals surface area contributed by atoms with Crippen molar-refractivity contribution in [2.24, 2.45) is 0 Å². The minimum absolute atomic E-state index is 0.0959. The lowest BCUT2D eigenvalue weighted by Crippen LogP contribution is -2.31. The molecule has 2 rings (SSSR count). The summed E-state index contributed by atoms with van der Waals surface area (Å²) in [6, 6.07) is 15.3. The predicted octanol–water partition coefficient (Wildman–Crippen LogP) is 2.20. The molecule has 0 heterocycles. The number of aliphatic hydroxyl groups is 1. The maximum Gasteiger partial charge on any atom is 0.253 e. The normalized spacial score (nSPS) is 11.9. The molecule has 0 spiro atoms. The second kappa shape index (κ2) is 6.21. The number of carbonyl (C=O) groups excluding carboxylic acids is 1. The monoisotopic (exact) mass is 271 g/mol. The van der Waals surface area contributed by atoms with Gasteiger partial charge in [0.25, 0.3) is 5.91 Å². The zero-order valence-electron chi connectivity index (χ0n) is 11.2. The summed E-state index contributed by atoms with van der Waals surface area (Å²) in [6.45, 7) is 0.164. The summed E-state index contributed by atoms with van der Waals surface area (Å²) in [5.74, 6) is -0.0524. The maximum atomic E-state index is 12.1. The van der Waals surface area contributed by atoms with Crippen molar-refractivity contribution in [3.8, 4) is 5.75 Å². The molecule has 0 aliphatic rings. The van der Waals surface area contributed by atoms with Gasteiger partial charge < -0.3 is 15.1 Å². The summed E-state index contributed by atoms with van der Waals surface area (Å²) in [6.07, 6.45) is -0.834. The molecule has 4 nitrogen and oxygen atoms in total. The Hall–Kier alpha value is -2.33. The van der Waals surface area contributed by atoms with Crippen molar-refractivity contribution in [1.82, 2.24) is 4.90 Å². The van der Waals surface area contributed by atoms with Gasteiger partial charge in [0.1, 0.15) is 5.75 Å². The fraction of sp³-hybridized carbons (Fsp3) is 0.188. The van der Waals surface area contributed by atoms with Crippen LogP contribution in [0.5, 0.6) is 5.75 Å². The Kier molecular flexibility index (Phi) is 4.38. The smallest absolute Gasteiger partial charge is 0.253 e. The third kappa shape index (κ3) is 3.36. The number of rotatable bonds is 4.